The molecule has 2 fully saturated rings. The highest BCUT2D eigenvalue weighted by Gasteiger charge is 2.30. The highest BCUT2D eigenvalue weighted by molar-refractivity contribution is 7.91. The zero-order valence-electron chi connectivity index (χ0n) is 16.4. The number of rotatable bonds is 6. The Morgan fingerprint density at radius 3 is 2.61 bits per heavy atom. The van der Waals surface area contributed by atoms with Crippen molar-refractivity contribution >= 4 is 33.2 Å². The van der Waals surface area contributed by atoms with E-state index in [1.807, 2.05) is 6.07 Å². The van der Waals surface area contributed by atoms with Crippen molar-refractivity contribution in [2.45, 2.75) is 12.8 Å². The third-order valence-electron chi connectivity index (χ3n) is 4.95. The summed E-state index contributed by atoms with van der Waals surface area (Å²) in [5.41, 5.74) is 1.45. The molecule has 0 spiro atoms. The molecule has 2 aromatic rings. The third-order valence-corrected chi connectivity index (χ3v) is 6.46. The lowest BCUT2D eigenvalue weighted by atomic mass is 10.1. The summed E-state index contributed by atoms with van der Waals surface area (Å²) in [6.07, 6.45) is 6.17. The highest BCUT2D eigenvalue weighted by atomic mass is 32.2. The van der Waals surface area contributed by atoms with Gasteiger partial charge in [-0.05, 0) is 18.9 Å². The Morgan fingerprint density at radius 2 is 2.00 bits per heavy atom. The molecule has 0 atom stereocenters. The zero-order chi connectivity index (χ0) is 22.0. The van der Waals surface area contributed by atoms with E-state index in [1.54, 1.807) is 6.07 Å². The topological polar surface area (TPSA) is 158 Å². The summed E-state index contributed by atoms with van der Waals surface area (Å²) >= 11 is 0. The van der Waals surface area contributed by atoms with Crippen LogP contribution in [0, 0.1) is 17.2 Å². The summed E-state index contributed by atoms with van der Waals surface area (Å²) in [7, 11) is -3.22. The summed E-state index contributed by atoms with van der Waals surface area (Å²) in [6, 6.07) is 3.57. The molecular formula is C19H19N7O4S. The molecule has 12 heteroatoms. The number of anilines is 2. The molecule has 160 valence electrons. The van der Waals surface area contributed by atoms with Gasteiger partial charge in [-0.3, -0.25) is 14.6 Å². The van der Waals surface area contributed by atoms with Crippen LogP contribution in [0.25, 0.3) is 11.3 Å². The minimum atomic E-state index is -3.22. The maximum atomic E-state index is 12.3. The molecule has 0 bridgehead atoms. The smallest absolute Gasteiger partial charge is 0.242 e. The number of aromatic nitrogens is 3. The zero-order valence-corrected chi connectivity index (χ0v) is 17.2. The Bertz CT molecular complexity index is 1170. The number of nitriles is 1. The lowest BCUT2D eigenvalue weighted by Crippen LogP contribution is -2.34. The van der Waals surface area contributed by atoms with Crippen molar-refractivity contribution in [1.82, 2.24) is 19.9 Å². The molecule has 2 aliphatic rings. The van der Waals surface area contributed by atoms with Gasteiger partial charge in [0.05, 0.1) is 36.1 Å². The molecule has 0 aromatic carbocycles. The van der Waals surface area contributed by atoms with Crippen LogP contribution in [0.2, 0.25) is 0 Å². The fourth-order valence-electron chi connectivity index (χ4n) is 3.04. The van der Waals surface area contributed by atoms with Crippen LogP contribution in [0.5, 0.6) is 0 Å². The summed E-state index contributed by atoms with van der Waals surface area (Å²) in [5.74, 6) is -0.381. The van der Waals surface area contributed by atoms with Gasteiger partial charge in [0.15, 0.2) is 21.3 Å². The number of hydrogen-bond donors (Lipinski definition) is 2. The monoisotopic (exact) mass is 441 g/mol. The molecule has 3 heterocycles. The van der Waals surface area contributed by atoms with Gasteiger partial charge < -0.3 is 15.5 Å². The van der Waals surface area contributed by atoms with E-state index >= 15 is 0 Å². The van der Waals surface area contributed by atoms with Crippen LogP contribution in [0.15, 0.2) is 24.7 Å². The quantitative estimate of drug-likeness (QED) is 0.646. The number of carbonyl (C=O) groups is 2. The van der Waals surface area contributed by atoms with Crippen LogP contribution < -0.4 is 10.6 Å². The Hall–Kier alpha value is -3.59. The van der Waals surface area contributed by atoms with Crippen LogP contribution in [0.4, 0.5) is 11.5 Å². The fraction of sp³-hybridized carbons (Fsp3) is 0.368. The van der Waals surface area contributed by atoms with Gasteiger partial charge in [0, 0.05) is 24.2 Å². The van der Waals surface area contributed by atoms with E-state index in [2.05, 4.69) is 25.6 Å². The first-order valence-corrected chi connectivity index (χ1v) is 11.4. The second-order valence-electron chi connectivity index (χ2n) is 7.37. The molecular weight excluding hydrogens is 422 g/mol. The van der Waals surface area contributed by atoms with E-state index in [0.29, 0.717) is 22.8 Å². The normalized spacial score (nSPS) is 17.1. The van der Waals surface area contributed by atoms with Crippen molar-refractivity contribution < 1.29 is 18.0 Å². The molecule has 4 rings (SSSR count). The molecule has 2 amide bonds. The van der Waals surface area contributed by atoms with Crippen LogP contribution in [0.3, 0.4) is 0 Å². The molecule has 11 nitrogen and oxygen atoms in total. The number of carbonyl (C=O) groups excluding carboxylic acids is 2. The number of hydrogen-bond acceptors (Lipinski definition) is 9. The molecule has 1 aliphatic heterocycles. The van der Waals surface area contributed by atoms with Gasteiger partial charge >= 0.3 is 0 Å². The second-order valence-corrected chi connectivity index (χ2v) is 9.52. The van der Waals surface area contributed by atoms with Gasteiger partial charge in [0.1, 0.15) is 11.9 Å². The fourth-order valence-corrected chi connectivity index (χ4v) is 4.41. The summed E-state index contributed by atoms with van der Waals surface area (Å²) in [6.45, 7) is -0.0153. The van der Waals surface area contributed by atoms with Crippen molar-refractivity contribution in [2.75, 3.05) is 35.4 Å². The largest absolute Gasteiger partial charge is 0.374 e. The van der Waals surface area contributed by atoms with Gasteiger partial charge in [-0.2, -0.15) is 5.26 Å². The Morgan fingerprint density at radius 1 is 1.19 bits per heavy atom. The predicted molar refractivity (Wildman–Crippen MR) is 110 cm³/mol. The number of sulfone groups is 1. The molecule has 2 aromatic heterocycles. The van der Waals surface area contributed by atoms with Crippen molar-refractivity contribution in [3.63, 3.8) is 0 Å². The van der Waals surface area contributed by atoms with Gasteiger partial charge in [0.2, 0.25) is 11.8 Å². The van der Waals surface area contributed by atoms with E-state index in [-0.39, 0.29) is 48.1 Å². The number of nitrogens with one attached hydrogen (secondary N) is 2. The molecule has 0 unspecified atom stereocenters. The summed E-state index contributed by atoms with van der Waals surface area (Å²) < 4.78 is 23.1. The first-order valence-electron chi connectivity index (χ1n) is 9.60. The van der Waals surface area contributed by atoms with E-state index in [9.17, 15) is 23.3 Å². The third kappa shape index (κ3) is 4.95. The van der Waals surface area contributed by atoms with Crippen LogP contribution >= 0.6 is 0 Å². The van der Waals surface area contributed by atoms with Gasteiger partial charge in [-0.25, -0.2) is 18.4 Å². The molecule has 31 heavy (non-hydrogen) atoms. The predicted octanol–water partition coefficient (Wildman–Crippen LogP) is 0.385. The average molecular weight is 441 g/mol. The number of pyridine rings is 1. The standard InChI is InChI=1S/C19H19N7O4S/c20-6-15-14(23-10-18(27)26-3-4-31(29,30)11-26)5-13(7-21-15)16-8-24-17(9-22-16)25-19(28)12-1-2-12/h5,7-9,12,23H,1-4,10-11H2,(H,24,25,28). The first kappa shape index (κ1) is 20.7. The highest BCUT2D eigenvalue weighted by Crippen LogP contribution is 2.30. The average Bonchev–Trinajstić information content (AvgIpc) is 3.55. The maximum Gasteiger partial charge on any atom is 0.242 e. The first-order chi connectivity index (χ1) is 14.8. The lowest BCUT2D eigenvalue weighted by molar-refractivity contribution is -0.127. The molecule has 1 aliphatic carbocycles. The van der Waals surface area contributed by atoms with Crippen LogP contribution in [-0.4, -0.2) is 64.8 Å². The van der Waals surface area contributed by atoms with Crippen LogP contribution in [-0.2, 0) is 19.4 Å². The second kappa shape index (κ2) is 8.27. The summed E-state index contributed by atoms with van der Waals surface area (Å²) in [5, 5.41) is 14.9. The minimum absolute atomic E-state index is 0.0466. The van der Waals surface area contributed by atoms with Crippen molar-refractivity contribution in [1.29, 1.82) is 5.26 Å². The number of amides is 2. The SMILES string of the molecule is N#Cc1ncc(-c2cnc(NC(=O)C3CC3)cn2)cc1NCC(=O)N1CCS(=O)(=O)C1. The number of nitrogens with zero attached hydrogens (tertiary/aromatic N) is 5. The van der Waals surface area contributed by atoms with E-state index in [0.717, 1.165) is 12.8 Å². The maximum absolute atomic E-state index is 12.3. The van der Waals surface area contributed by atoms with E-state index < -0.39 is 9.84 Å². The van der Waals surface area contributed by atoms with Gasteiger partial charge in [-0.1, -0.05) is 0 Å². The summed E-state index contributed by atoms with van der Waals surface area (Å²) in [4.78, 5) is 37.9. The molecule has 2 N–H and O–H groups in total. The minimum Gasteiger partial charge on any atom is -0.374 e. The van der Waals surface area contributed by atoms with Gasteiger partial charge in [0.25, 0.3) is 0 Å². The van der Waals surface area contributed by atoms with E-state index in [4.69, 9.17) is 0 Å². The Kier molecular flexibility index (Phi) is 5.51. The Labute approximate surface area is 178 Å². The lowest BCUT2D eigenvalue weighted by Gasteiger charge is -2.15. The van der Waals surface area contributed by atoms with E-state index in [1.165, 1.54) is 23.5 Å². The van der Waals surface area contributed by atoms with Crippen molar-refractivity contribution in [3.05, 3.63) is 30.4 Å². The van der Waals surface area contributed by atoms with Crippen LogP contribution in [0.1, 0.15) is 18.5 Å². The molecule has 0 radical (unpaired) electrons. The van der Waals surface area contributed by atoms with Crippen molar-refractivity contribution in [2.24, 2.45) is 5.92 Å². The van der Waals surface area contributed by atoms with Crippen molar-refractivity contribution in [3.8, 4) is 17.3 Å². The molecule has 1 saturated heterocycles. The molecule has 1 saturated carbocycles. The van der Waals surface area contributed by atoms with Gasteiger partial charge in [-0.15, -0.1) is 0 Å². The Balaban J connectivity index is 1.45.